The summed E-state index contributed by atoms with van der Waals surface area (Å²) in [4.78, 5) is 25.9. The molecule has 0 bridgehead atoms. The van der Waals surface area contributed by atoms with Gasteiger partial charge >= 0.3 is 5.97 Å². The summed E-state index contributed by atoms with van der Waals surface area (Å²) in [5.74, 6) is -0.376. The average Bonchev–Trinajstić information content (AvgIpc) is 2.77. The van der Waals surface area contributed by atoms with E-state index in [1.807, 2.05) is 19.9 Å². The lowest BCUT2D eigenvalue weighted by Gasteiger charge is -2.31. The third-order valence-electron chi connectivity index (χ3n) is 3.78. The van der Waals surface area contributed by atoms with Gasteiger partial charge in [0.15, 0.2) is 0 Å². The Bertz CT molecular complexity index is 524. The first-order chi connectivity index (χ1) is 10.0. The van der Waals surface area contributed by atoms with Crippen LogP contribution >= 0.6 is 0 Å². The van der Waals surface area contributed by atoms with E-state index in [4.69, 9.17) is 4.74 Å². The molecular formula is C15H23N3O3. The Morgan fingerprint density at radius 2 is 2.19 bits per heavy atom. The van der Waals surface area contributed by atoms with E-state index in [0.717, 1.165) is 24.2 Å². The molecule has 1 aliphatic heterocycles. The van der Waals surface area contributed by atoms with Crippen LogP contribution in [0.15, 0.2) is 6.07 Å². The fourth-order valence-electron chi connectivity index (χ4n) is 2.72. The Hall–Kier alpha value is -1.85. The number of aryl methyl sites for hydroxylation is 2. The number of hydrogen-bond acceptors (Lipinski definition) is 4. The molecule has 1 aromatic heterocycles. The molecular weight excluding hydrogens is 270 g/mol. The van der Waals surface area contributed by atoms with Gasteiger partial charge in [-0.15, -0.1) is 0 Å². The number of rotatable bonds is 4. The van der Waals surface area contributed by atoms with E-state index in [1.54, 1.807) is 16.5 Å². The standard InChI is InChI=1S/C15H23N3O3/c1-4-21-15(20)13-6-5-7-17(9-13)14(19)10-18-12(3)8-11(2)16-18/h8,13H,4-7,9-10H2,1-3H3/t13-/m1/s1. The zero-order valence-corrected chi connectivity index (χ0v) is 13.0. The Balaban J connectivity index is 1.96. The number of ether oxygens (including phenoxy) is 1. The van der Waals surface area contributed by atoms with Crippen LogP contribution in [0.25, 0.3) is 0 Å². The molecule has 6 heteroatoms. The van der Waals surface area contributed by atoms with Crippen molar-refractivity contribution in [2.75, 3.05) is 19.7 Å². The van der Waals surface area contributed by atoms with Crippen LogP contribution in [0, 0.1) is 19.8 Å². The van der Waals surface area contributed by atoms with Gasteiger partial charge in [0.1, 0.15) is 6.54 Å². The highest BCUT2D eigenvalue weighted by Gasteiger charge is 2.29. The maximum Gasteiger partial charge on any atom is 0.310 e. The van der Waals surface area contributed by atoms with Crippen LogP contribution in [0.1, 0.15) is 31.2 Å². The van der Waals surface area contributed by atoms with Gasteiger partial charge in [-0.05, 0) is 39.7 Å². The van der Waals surface area contributed by atoms with E-state index in [2.05, 4.69) is 5.10 Å². The fourth-order valence-corrected chi connectivity index (χ4v) is 2.72. The van der Waals surface area contributed by atoms with Crippen molar-refractivity contribution in [2.24, 2.45) is 5.92 Å². The number of piperidine rings is 1. The molecule has 1 saturated heterocycles. The highest BCUT2D eigenvalue weighted by atomic mass is 16.5. The van der Waals surface area contributed by atoms with Gasteiger partial charge in [-0.25, -0.2) is 0 Å². The number of carbonyl (C=O) groups excluding carboxylic acids is 2. The highest BCUT2D eigenvalue weighted by Crippen LogP contribution is 2.18. The number of hydrogen-bond donors (Lipinski definition) is 0. The smallest absolute Gasteiger partial charge is 0.310 e. The maximum atomic E-state index is 12.4. The first-order valence-corrected chi connectivity index (χ1v) is 7.46. The maximum absolute atomic E-state index is 12.4. The van der Waals surface area contributed by atoms with E-state index in [-0.39, 0.29) is 24.3 Å². The molecule has 1 aromatic rings. The van der Waals surface area contributed by atoms with Gasteiger partial charge in [0, 0.05) is 18.8 Å². The summed E-state index contributed by atoms with van der Waals surface area (Å²) >= 11 is 0. The number of carbonyl (C=O) groups is 2. The van der Waals surface area contributed by atoms with E-state index in [1.165, 1.54) is 0 Å². The van der Waals surface area contributed by atoms with Gasteiger partial charge in [-0.2, -0.15) is 5.10 Å². The molecule has 1 fully saturated rings. The van der Waals surface area contributed by atoms with Crippen molar-refractivity contribution in [1.29, 1.82) is 0 Å². The SMILES string of the molecule is CCOC(=O)[C@@H]1CCCN(C(=O)Cn2nc(C)cc2C)C1. The van der Waals surface area contributed by atoms with Gasteiger partial charge in [-0.1, -0.05) is 0 Å². The van der Waals surface area contributed by atoms with Crippen LogP contribution in [0.4, 0.5) is 0 Å². The molecule has 1 amide bonds. The van der Waals surface area contributed by atoms with Crippen LogP contribution in [0.2, 0.25) is 0 Å². The molecule has 0 saturated carbocycles. The number of nitrogens with zero attached hydrogens (tertiary/aromatic N) is 3. The normalized spacial score (nSPS) is 18.6. The summed E-state index contributed by atoms with van der Waals surface area (Å²) in [5, 5.41) is 4.31. The first-order valence-electron chi connectivity index (χ1n) is 7.46. The molecule has 2 heterocycles. The van der Waals surface area contributed by atoms with Crippen molar-refractivity contribution in [3.63, 3.8) is 0 Å². The monoisotopic (exact) mass is 293 g/mol. The number of aromatic nitrogens is 2. The van der Waals surface area contributed by atoms with Crippen molar-refractivity contribution in [3.8, 4) is 0 Å². The minimum Gasteiger partial charge on any atom is -0.466 e. The molecule has 6 nitrogen and oxygen atoms in total. The Morgan fingerprint density at radius 3 is 2.81 bits per heavy atom. The quantitative estimate of drug-likeness (QED) is 0.785. The van der Waals surface area contributed by atoms with Crippen LogP contribution in [-0.2, 0) is 20.9 Å². The molecule has 1 aliphatic rings. The third kappa shape index (κ3) is 3.83. The van der Waals surface area contributed by atoms with E-state index >= 15 is 0 Å². The Morgan fingerprint density at radius 1 is 1.43 bits per heavy atom. The van der Waals surface area contributed by atoms with Crippen LogP contribution < -0.4 is 0 Å². The zero-order chi connectivity index (χ0) is 15.4. The molecule has 0 unspecified atom stereocenters. The third-order valence-corrected chi connectivity index (χ3v) is 3.78. The highest BCUT2D eigenvalue weighted by molar-refractivity contribution is 5.78. The second kappa shape index (κ2) is 6.74. The average molecular weight is 293 g/mol. The molecule has 116 valence electrons. The van der Waals surface area contributed by atoms with Crippen LogP contribution in [0.5, 0.6) is 0 Å². The molecule has 0 aliphatic carbocycles. The Kier molecular flexibility index (Phi) is 4.98. The van der Waals surface area contributed by atoms with Gasteiger partial charge in [0.05, 0.1) is 18.2 Å². The molecule has 0 N–H and O–H groups in total. The summed E-state index contributed by atoms with van der Waals surface area (Å²) in [5.41, 5.74) is 1.88. The summed E-state index contributed by atoms with van der Waals surface area (Å²) in [6.45, 7) is 7.41. The van der Waals surface area contributed by atoms with Crippen molar-refractivity contribution in [1.82, 2.24) is 14.7 Å². The van der Waals surface area contributed by atoms with Gasteiger partial charge < -0.3 is 9.64 Å². The van der Waals surface area contributed by atoms with Crippen molar-refractivity contribution >= 4 is 11.9 Å². The first kappa shape index (κ1) is 15.5. The lowest BCUT2D eigenvalue weighted by Crippen LogP contribution is -2.44. The largest absolute Gasteiger partial charge is 0.466 e. The van der Waals surface area contributed by atoms with Gasteiger partial charge in [-0.3, -0.25) is 14.3 Å². The lowest BCUT2D eigenvalue weighted by atomic mass is 9.98. The number of esters is 1. The van der Waals surface area contributed by atoms with Crippen molar-refractivity contribution in [3.05, 3.63) is 17.5 Å². The van der Waals surface area contributed by atoms with Crippen molar-refractivity contribution in [2.45, 2.75) is 40.2 Å². The molecule has 0 spiro atoms. The summed E-state index contributed by atoms with van der Waals surface area (Å²) in [6.07, 6.45) is 1.63. The predicted molar refractivity (Wildman–Crippen MR) is 77.6 cm³/mol. The minimum atomic E-state index is -0.193. The summed E-state index contributed by atoms with van der Waals surface area (Å²) in [6, 6.07) is 1.95. The summed E-state index contributed by atoms with van der Waals surface area (Å²) in [7, 11) is 0. The predicted octanol–water partition coefficient (Wildman–Crippen LogP) is 1.30. The topological polar surface area (TPSA) is 64.4 Å². The fraction of sp³-hybridized carbons (Fsp3) is 0.667. The molecule has 0 aromatic carbocycles. The Labute approximate surface area is 125 Å². The molecule has 1 atom stereocenters. The molecule has 0 radical (unpaired) electrons. The summed E-state index contributed by atoms with van der Waals surface area (Å²) < 4.78 is 6.77. The zero-order valence-electron chi connectivity index (χ0n) is 13.0. The lowest BCUT2D eigenvalue weighted by molar-refractivity contribution is -0.151. The van der Waals surface area contributed by atoms with Crippen LogP contribution in [0.3, 0.4) is 0 Å². The second-order valence-electron chi connectivity index (χ2n) is 5.52. The van der Waals surface area contributed by atoms with Gasteiger partial charge in [0.25, 0.3) is 0 Å². The number of amides is 1. The molecule has 21 heavy (non-hydrogen) atoms. The number of likely N-dealkylation sites (tertiary alicyclic amines) is 1. The van der Waals surface area contributed by atoms with Gasteiger partial charge in [0.2, 0.25) is 5.91 Å². The van der Waals surface area contributed by atoms with Crippen molar-refractivity contribution < 1.29 is 14.3 Å². The van der Waals surface area contributed by atoms with Crippen LogP contribution in [-0.4, -0.2) is 46.3 Å². The second-order valence-corrected chi connectivity index (χ2v) is 5.52. The van der Waals surface area contributed by atoms with E-state index in [9.17, 15) is 9.59 Å². The van der Waals surface area contributed by atoms with E-state index in [0.29, 0.717) is 19.7 Å². The molecule has 2 rings (SSSR count). The van der Waals surface area contributed by atoms with E-state index < -0.39 is 0 Å². The minimum absolute atomic E-state index is 0.00944.